The highest BCUT2D eigenvalue weighted by molar-refractivity contribution is 6.09. The number of likely N-dealkylation sites (tertiary alicyclic amines) is 1. The molecule has 0 bridgehead atoms. The number of piperidine rings is 1. The molecular weight excluding hydrogens is 364 g/mol. The molecule has 2 aromatic rings. The highest BCUT2D eigenvalue weighted by Crippen LogP contribution is 2.28. The van der Waals surface area contributed by atoms with Crippen molar-refractivity contribution in [2.45, 2.75) is 38.6 Å². The maximum atomic E-state index is 13.1. The number of carbonyl (C=O) groups excluding carboxylic acids is 2. The van der Waals surface area contributed by atoms with Gasteiger partial charge in [0.15, 0.2) is 5.78 Å². The zero-order chi connectivity index (χ0) is 20.2. The average Bonchev–Trinajstić information content (AvgIpc) is 3.50. The molecule has 1 unspecified atom stereocenters. The number of Topliss-reactive ketones (excluding diaryl/α,β-unsaturated/α-hetero) is 1. The van der Waals surface area contributed by atoms with E-state index in [0.717, 1.165) is 36.8 Å². The molecular formula is C23H28N4O2. The summed E-state index contributed by atoms with van der Waals surface area (Å²) in [6.07, 6.45) is 6.60. The first-order valence-electron chi connectivity index (χ1n) is 10.6. The second kappa shape index (κ2) is 8.79. The fourth-order valence-electron chi connectivity index (χ4n) is 4.24. The van der Waals surface area contributed by atoms with Gasteiger partial charge in [0.05, 0.1) is 25.0 Å². The van der Waals surface area contributed by atoms with Crippen LogP contribution in [-0.2, 0) is 11.3 Å². The van der Waals surface area contributed by atoms with Crippen molar-refractivity contribution < 1.29 is 9.59 Å². The van der Waals surface area contributed by atoms with Crippen LogP contribution in [-0.4, -0.2) is 47.3 Å². The van der Waals surface area contributed by atoms with E-state index in [1.54, 1.807) is 0 Å². The predicted molar refractivity (Wildman–Crippen MR) is 111 cm³/mol. The fraction of sp³-hybridized carbons (Fsp3) is 0.522. The van der Waals surface area contributed by atoms with Gasteiger partial charge in [-0.25, -0.2) is 0 Å². The first-order chi connectivity index (χ1) is 14.2. The second-order valence-electron chi connectivity index (χ2n) is 8.35. The number of hydrogen-bond acceptors (Lipinski definition) is 4. The normalized spacial score (nSPS) is 19.8. The summed E-state index contributed by atoms with van der Waals surface area (Å²) in [5, 5.41) is 12.9. The van der Waals surface area contributed by atoms with Crippen LogP contribution in [0, 0.1) is 23.2 Å². The van der Waals surface area contributed by atoms with E-state index in [1.807, 2.05) is 35.0 Å². The van der Waals surface area contributed by atoms with Gasteiger partial charge in [0, 0.05) is 42.3 Å². The molecule has 0 spiro atoms. The summed E-state index contributed by atoms with van der Waals surface area (Å²) in [7, 11) is 0. The molecule has 1 saturated carbocycles. The zero-order valence-corrected chi connectivity index (χ0v) is 16.8. The van der Waals surface area contributed by atoms with Crippen molar-refractivity contribution in [2.24, 2.45) is 11.8 Å². The number of nitrogens with zero attached hydrogens (tertiary/aromatic N) is 3. The smallest absolute Gasteiger partial charge is 0.224 e. The molecule has 4 rings (SSSR count). The molecule has 6 nitrogen and oxygen atoms in total. The molecule has 1 aromatic heterocycles. The van der Waals surface area contributed by atoms with Gasteiger partial charge < -0.3 is 9.88 Å². The molecule has 2 aliphatic rings. The standard InChI is InChI=1S/C23H28N4O2/c24-10-4-12-27-15-20(19-6-1-2-7-21(19)27)22(28)16-26-11-3-5-18(14-26)23(29)25-13-17-8-9-17/h1-2,6-7,15,17-18H,3-5,8-9,11-14,16H2,(H,25,29). The van der Waals surface area contributed by atoms with Gasteiger partial charge in [0.25, 0.3) is 0 Å². The van der Waals surface area contributed by atoms with E-state index < -0.39 is 0 Å². The minimum absolute atomic E-state index is 0.0210. The number of aromatic nitrogens is 1. The molecule has 152 valence electrons. The highest BCUT2D eigenvalue weighted by atomic mass is 16.2. The maximum Gasteiger partial charge on any atom is 0.224 e. The molecule has 29 heavy (non-hydrogen) atoms. The topological polar surface area (TPSA) is 78.1 Å². The number of para-hydroxylation sites is 1. The fourth-order valence-corrected chi connectivity index (χ4v) is 4.24. The first kappa shape index (κ1) is 19.7. The number of carbonyl (C=O) groups is 2. The van der Waals surface area contributed by atoms with Crippen molar-refractivity contribution in [2.75, 3.05) is 26.2 Å². The van der Waals surface area contributed by atoms with Crippen molar-refractivity contribution in [3.63, 3.8) is 0 Å². The minimum Gasteiger partial charge on any atom is -0.356 e. The lowest BCUT2D eigenvalue weighted by Crippen LogP contribution is -2.45. The average molecular weight is 393 g/mol. The summed E-state index contributed by atoms with van der Waals surface area (Å²) >= 11 is 0. The third-order valence-electron chi connectivity index (χ3n) is 6.06. The van der Waals surface area contributed by atoms with E-state index in [-0.39, 0.29) is 17.6 Å². The SMILES string of the molecule is N#CCCn1cc(C(=O)CN2CCCC(C(=O)NCC3CC3)C2)c2ccccc21. The van der Waals surface area contributed by atoms with Gasteiger partial charge in [-0.15, -0.1) is 0 Å². The number of fused-ring (bicyclic) bond motifs is 1. The van der Waals surface area contributed by atoms with Gasteiger partial charge in [0.2, 0.25) is 5.91 Å². The van der Waals surface area contributed by atoms with Crippen LogP contribution >= 0.6 is 0 Å². The van der Waals surface area contributed by atoms with Crippen LogP contribution in [0.15, 0.2) is 30.5 Å². The van der Waals surface area contributed by atoms with Crippen molar-refractivity contribution in [3.8, 4) is 6.07 Å². The van der Waals surface area contributed by atoms with Crippen LogP contribution in [0.4, 0.5) is 0 Å². The number of rotatable bonds is 8. The summed E-state index contributed by atoms with van der Waals surface area (Å²) in [6, 6.07) is 10.0. The summed E-state index contributed by atoms with van der Waals surface area (Å²) in [6.45, 7) is 3.22. The number of nitrogens with one attached hydrogen (secondary N) is 1. The molecule has 1 atom stereocenters. The maximum absolute atomic E-state index is 13.1. The Hall–Kier alpha value is -2.65. The monoisotopic (exact) mass is 392 g/mol. The predicted octanol–water partition coefficient (Wildman–Crippen LogP) is 2.98. The molecule has 1 aliphatic heterocycles. The Morgan fingerprint density at radius 2 is 2.03 bits per heavy atom. The molecule has 1 saturated heterocycles. The van der Waals surface area contributed by atoms with Gasteiger partial charge >= 0.3 is 0 Å². The van der Waals surface area contributed by atoms with Crippen molar-refractivity contribution in [3.05, 3.63) is 36.0 Å². The molecule has 2 fully saturated rings. The Morgan fingerprint density at radius 3 is 2.83 bits per heavy atom. The summed E-state index contributed by atoms with van der Waals surface area (Å²) in [4.78, 5) is 27.7. The quantitative estimate of drug-likeness (QED) is 0.701. The third kappa shape index (κ3) is 4.68. The van der Waals surface area contributed by atoms with Crippen molar-refractivity contribution in [1.29, 1.82) is 5.26 Å². The Labute approximate surface area is 171 Å². The molecule has 1 amide bonds. The molecule has 0 radical (unpaired) electrons. The Morgan fingerprint density at radius 1 is 1.21 bits per heavy atom. The van der Waals surface area contributed by atoms with E-state index in [4.69, 9.17) is 5.26 Å². The molecule has 1 N–H and O–H groups in total. The van der Waals surface area contributed by atoms with Gasteiger partial charge in [0.1, 0.15) is 0 Å². The minimum atomic E-state index is -0.0210. The lowest BCUT2D eigenvalue weighted by Gasteiger charge is -2.31. The second-order valence-corrected chi connectivity index (χ2v) is 8.35. The van der Waals surface area contributed by atoms with Gasteiger partial charge in [-0.1, -0.05) is 18.2 Å². The number of nitriles is 1. The molecule has 6 heteroatoms. The van der Waals surface area contributed by atoms with E-state index in [1.165, 1.54) is 12.8 Å². The first-order valence-corrected chi connectivity index (χ1v) is 10.6. The van der Waals surface area contributed by atoms with Crippen LogP contribution in [0.5, 0.6) is 0 Å². The number of ketones is 1. The van der Waals surface area contributed by atoms with Crippen LogP contribution in [0.25, 0.3) is 10.9 Å². The third-order valence-corrected chi connectivity index (χ3v) is 6.06. The number of hydrogen-bond donors (Lipinski definition) is 1. The number of benzene rings is 1. The number of amides is 1. The van der Waals surface area contributed by atoms with Gasteiger partial charge in [-0.3, -0.25) is 14.5 Å². The summed E-state index contributed by atoms with van der Waals surface area (Å²) < 4.78 is 2.00. The van der Waals surface area contributed by atoms with Crippen molar-refractivity contribution >= 4 is 22.6 Å². The number of aryl methyl sites for hydroxylation is 1. The Kier molecular flexibility index (Phi) is 5.96. The summed E-state index contributed by atoms with van der Waals surface area (Å²) in [5.41, 5.74) is 1.70. The lowest BCUT2D eigenvalue weighted by atomic mass is 9.96. The van der Waals surface area contributed by atoms with Crippen LogP contribution in [0.3, 0.4) is 0 Å². The van der Waals surface area contributed by atoms with Crippen molar-refractivity contribution in [1.82, 2.24) is 14.8 Å². The van der Waals surface area contributed by atoms with E-state index >= 15 is 0 Å². The molecule has 1 aliphatic carbocycles. The zero-order valence-electron chi connectivity index (χ0n) is 16.8. The molecule has 1 aromatic carbocycles. The van der Waals surface area contributed by atoms with E-state index in [0.29, 0.717) is 37.5 Å². The van der Waals surface area contributed by atoms with Crippen LogP contribution in [0.2, 0.25) is 0 Å². The van der Waals surface area contributed by atoms with Gasteiger partial charge in [-0.05, 0) is 44.2 Å². The van der Waals surface area contributed by atoms with Gasteiger partial charge in [-0.2, -0.15) is 5.26 Å². The van der Waals surface area contributed by atoms with Crippen LogP contribution in [0.1, 0.15) is 42.5 Å². The van der Waals surface area contributed by atoms with E-state index in [2.05, 4.69) is 16.3 Å². The van der Waals surface area contributed by atoms with E-state index in [9.17, 15) is 9.59 Å². The molecule has 2 heterocycles. The largest absolute Gasteiger partial charge is 0.356 e. The van der Waals surface area contributed by atoms with Crippen LogP contribution < -0.4 is 5.32 Å². The summed E-state index contributed by atoms with van der Waals surface area (Å²) in [5.74, 6) is 0.879. The highest BCUT2D eigenvalue weighted by Gasteiger charge is 2.29. The Balaban J connectivity index is 1.42. The Bertz CT molecular complexity index is 938. The lowest BCUT2D eigenvalue weighted by molar-refractivity contribution is -0.126.